The molecular formula is C13H16N2O2S. The molecule has 2 aliphatic heterocycles. The van der Waals surface area contributed by atoms with Crippen LogP contribution in [-0.4, -0.2) is 38.0 Å². The number of amidine groups is 1. The summed E-state index contributed by atoms with van der Waals surface area (Å²) in [5.41, 5.74) is 0.587. The maximum absolute atomic E-state index is 12.2. The summed E-state index contributed by atoms with van der Waals surface area (Å²) in [7, 11) is -3.21. The molecule has 0 amide bonds. The number of benzene rings is 1. The molecule has 2 heterocycles. The summed E-state index contributed by atoms with van der Waals surface area (Å²) < 4.78 is 24.4. The molecule has 2 aliphatic rings. The van der Waals surface area contributed by atoms with Crippen LogP contribution in [0.25, 0.3) is 0 Å². The van der Waals surface area contributed by atoms with Gasteiger partial charge in [-0.1, -0.05) is 12.1 Å². The Morgan fingerprint density at radius 1 is 1.06 bits per heavy atom. The van der Waals surface area contributed by atoms with Crippen LogP contribution in [0.5, 0.6) is 0 Å². The minimum atomic E-state index is -3.21. The number of likely N-dealkylation sites (tertiary alicyclic amines) is 1. The van der Waals surface area contributed by atoms with Gasteiger partial charge in [0.2, 0.25) is 0 Å². The maximum atomic E-state index is 12.2. The summed E-state index contributed by atoms with van der Waals surface area (Å²) in [5.74, 6) is 0.762. The van der Waals surface area contributed by atoms with Gasteiger partial charge >= 0.3 is 0 Å². The zero-order chi connectivity index (χ0) is 12.6. The Bertz CT molecular complexity index is 587. The predicted octanol–water partition coefficient (Wildman–Crippen LogP) is 1.99. The van der Waals surface area contributed by atoms with Crippen LogP contribution in [0.15, 0.2) is 34.2 Å². The number of nitrogens with zero attached hydrogens (tertiary/aromatic N) is 2. The first kappa shape index (κ1) is 11.7. The van der Waals surface area contributed by atoms with Crippen LogP contribution in [0.2, 0.25) is 0 Å². The van der Waals surface area contributed by atoms with Crippen molar-refractivity contribution in [2.75, 3.05) is 18.8 Å². The Morgan fingerprint density at radius 3 is 2.56 bits per heavy atom. The highest BCUT2D eigenvalue weighted by Crippen LogP contribution is 2.30. The molecule has 0 unspecified atom stereocenters. The Kier molecular flexibility index (Phi) is 2.86. The van der Waals surface area contributed by atoms with Gasteiger partial charge in [-0.2, -0.15) is 0 Å². The lowest BCUT2D eigenvalue weighted by Crippen LogP contribution is -2.40. The highest BCUT2D eigenvalue weighted by molar-refractivity contribution is 7.92. The van der Waals surface area contributed by atoms with Crippen LogP contribution in [0.3, 0.4) is 0 Å². The van der Waals surface area contributed by atoms with Gasteiger partial charge in [0.15, 0.2) is 9.84 Å². The third-order valence-electron chi connectivity index (χ3n) is 3.49. The Balaban J connectivity index is 2.01. The lowest BCUT2D eigenvalue weighted by Gasteiger charge is -2.31. The van der Waals surface area contributed by atoms with E-state index in [1.165, 1.54) is 6.42 Å². The van der Waals surface area contributed by atoms with Gasteiger partial charge in [0.05, 0.1) is 10.6 Å². The first-order chi connectivity index (χ1) is 8.67. The Morgan fingerprint density at radius 2 is 1.78 bits per heavy atom. The van der Waals surface area contributed by atoms with Crippen molar-refractivity contribution in [3.63, 3.8) is 0 Å². The molecule has 1 fully saturated rings. The zero-order valence-corrected chi connectivity index (χ0v) is 11.0. The van der Waals surface area contributed by atoms with E-state index in [9.17, 15) is 8.42 Å². The standard InChI is InChI=1S/C13H16N2O2S/c16-18(17)10-13(15-8-4-1-5-9-15)14-11-6-2-3-7-12(11)18/h2-3,6-7H,1,4-5,8-10H2. The van der Waals surface area contributed by atoms with Crippen molar-refractivity contribution in [1.82, 2.24) is 4.90 Å². The van der Waals surface area contributed by atoms with E-state index in [0.29, 0.717) is 16.4 Å². The fourth-order valence-corrected chi connectivity index (χ4v) is 4.01. The maximum Gasteiger partial charge on any atom is 0.187 e. The smallest absolute Gasteiger partial charge is 0.187 e. The molecule has 1 saturated heterocycles. The van der Waals surface area contributed by atoms with E-state index in [-0.39, 0.29) is 5.75 Å². The van der Waals surface area contributed by atoms with Gasteiger partial charge in [0.25, 0.3) is 0 Å². The van der Waals surface area contributed by atoms with Crippen molar-refractivity contribution in [3.05, 3.63) is 24.3 Å². The van der Waals surface area contributed by atoms with Crippen LogP contribution in [-0.2, 0) is 9.84 Å². The Hall–Kier alpha value is -1.36. The van der Waals surface area contributed by atoms with Gasteiger partial charge in [-0.15, -0.1) is 0 Å². The molecule has 0 aromatic heterocycles. The molecule has 1 aromatic rings. The summed E-state index contributed by atoms with van der Waals surface area (Å²) in [4.78, 5) is 7.02. The minimum absolute atomic E-state index is 0.0456. The van der Waals surface area contributed by atoms with Crippen molar-refractivity contribution in [1.29, 1.82) is 0 Å². The van der Waals surface area contributed by atoms with Crippen molar-refractivity contribution < 1.29 is 8.42 Å². The lowest BCUT2D eigenvalue weighted by atomic mass is 10.1. The molecule has 0 atom stereocenters. The van der Waals surface area contributed by atoms with E-state index >= 15 is 0 Å². The average molecular weight is 264 g/mol. The quantitative estimate of drug-likeness (QED) is 0.720. The fourth-order valence-electron chi connectivity index (χ4n) is 2.55. The summed E-state index contributed by atoms with van der Waals surface area (Å²) in [6.07, 6.45) is 3.48. The number of rotatable bonds is 0. The Labute approximate surface area is 107 Å². The third-order valence-corrected chi connectivity index (χ3v) is 5.14. The van der Waals surface area contributed by atoms with Crippen LogP contribution in [0.4, 0.5) is 5.69 Å². The van der Waals surface area contributed by atoms with Gasteiger partial charge in [-0.25, -0.2) is 13.4 Å². The van der Waals surface area contributed by atoms with Crippen LogP contribution >= 0.6 is 0 Å². The third kappa shape index (κ3) is 2.03. The second-order valence-corrected chi connectivity index (χ2v) is 6.76. The molecule has 0 N–H and O–H groups in total. The average Bonchev–Trinajstić information content (AvgIpc) is 2.39. The second-order valence-electron chi connectivity index (χ2n) is 4.80. The van der Waals surface area contributed by atoms with Crippen LogP contribution in [0.1, 0.15) is 19.3 Å². The molecular weight excluding hydrogens is 248 g/mol. The molecule has 96 valence electrons. The highest BCUT2D eigenvalue weighted by atomic mass is 32.2. The largest absolute Gasteiger partial charge is 0.359 e. The first-order valence-corrected chi connectivity index (χ1v) is 7.96. The summed E-state index contributed by atoms with van der Waals surface area (Å²) in [6.45, 7) is 1.85. The normalized spacial score (nSPS) is 22.2. The molecule has 0 saturated carbocycles. The molecule has 0 radical (unpaired) electrons. The molecule has 0 spiro atoms. The summed E-state index contributed by atoms with van der Waals surface area (Å²) >= 11 is 0. The SMILES string of the molecule is O=S1(=O)CC(N2CCCCC2)=Nc2ccccc21. The molecule has 0 aliphatic carbocycles. The molecule has 0 bridgehead atoms. The number of piperidine rings is 1. The van der Waals surface area contributed by atoms with E-state index in [4.69, 9.17) is 0 Å². The minimum Gasteiger partial charge on any atom is -0.359 e. The number of fused-ring (bicyclic) bond motifs is 1. The van der Waals surface area contributed by atoms with Crippen molar-refractivity contribution in [2.45, 2.75) is 24.2 Å². The van der Waals surface area contributed by atoms with E-state index < -0.39 is 9.84 Å². The molecule has 5 heteroatoms. The topological polar surface area (TPSA) is 49.7 Å². The molecule has 1 aromatic carbocycles. The van der Waals surface area contributed by atoms with Gasteiger partial charge in [-0.05, 0) is 31.4 Å². The second kappa shape index (κ2) is 4.39. The zero-order valence-electron chi connectivity index (χ0n) is 10.2. The van der Waals surface area contributed by atoms with E-state index in [1.807, 2.05) is 6.07 Å². The number of aliphatic imine (C=N–C) groups is 1. The van der Waals surface area contributed by atoms with E-state index in [2.05, 4.69) is 9.89 Å². The molecule has 18 heavy (non-hydrogen) atoms. The van der Waals surface area contributed by atoms with Crippen molar-refractivity contribution >= 4 is 21.4 Å². The van der Waals surface area contributed by atoms with Gasteiger partial charge < -0.3 is 4.90 Å². The number of para-hydroxylation sites is 1. The summed E-state index contributed by atoms with van der Waals surface area (Å²) in [6, 6.07) is 6.99. The van der Waals surface area contributed by atoms with Crippen LogP contribution in [0, 0.1) is 0 Å². The van der Waals surface area contributed by atoms with Gasteiger partial charge in [0, 0.05) is 13.1 Å². The first-order valence-electron chi connectivity index (χ1n) is 6.31. The number of sulfone groups is 1. The molecule has 3 rings (SSSR count). The predicted molar refractivity (Wildman–Crippen MR) is 71.0 cm³/mol. The van der Waals surface area contributed by atoms with Crippen molar-refractivity contribution in [3.8, 4) is 0 Å². The van der Waals surface area contributed by atoms with Crippen molar-refractivity contribution in [2.24, 2.45) is 4.99 Å². The van der Waals surface area contributed by atoms with Crippen LogP contribution < -0.4 is 0 Å². The molecule has 4 nitrogen and oxygen atoms in total. The van der Waals surface area contributed by atoms with Gasteiger partial charge in [0.1, 0.15) is 11.6 Å². The monoisotopic (exact) mass is 264 g/mol. The lowest BCUT2D eigenvalue weighted by molar-refractivity contribution is 0.340. The number of hydrogen-bond donors (Lipinski definition) is 0. The van der Waals surface area contributed by atoms with E-state index in [0.717, 1.165) is 25.9 Å². The highest BCUT2D eigenvalue weighted by Gasteiger charge is 2.29. The summed E-state index contributed by atoms with van der Waals surface area (Å²) in [5, 5.41) is 0. The fraction of sp³-hybridized carbons (Fsp3) is 0.462. The van der Waals surface area contributed by atoms with E-state index in [1.54, 1.807) is 18.2 Å². The number of hydrogen-bond acceptors (Lipinski definition) is 4. The van der Waals surface area contributed by atoms with Gasteiger partial charge in [-0.3, -0.25) is 0 Å².